The molecule has 2 aromatic rings. The first-order valence-corrected chi connectivity index (χ1v) is 5.77. The van der Waals surface area contributed by atoms with E-state index in [1.807, 2.05) is 18.4 Å². The second-order valence-electron chi connectivity index (χ2n) is 3.07. The molecule has 0 saturated carbocycles. The molecular formula is C10H10ClN3S. The van der Waals surface area contributed by atoms with Gasteiger partial charge in [-0.3, -0.25) is 0 Å². The van der Waals surface area contributed by atoms with Crippen LogP contribution in [-0.2, 0) is 6.54 Å². The van der Waals surface area contributed by atoms with E-state index in [9.17, 15) is 0 Å². The van der Waals surface area contributed by atoms with Gasteiger partial charge in [0.05, 0.1) is 11.6 Å². The van der Waals surface area contributed by atoms with Crippen LogP contribution in [0, 0.1) is 6.92 Å². The molecule has 5 heteroatoms. The lowest BCUT2D eigenvalue weighted by Crippen LogP contribution is -2.01. The highest BCUT2D eigenvalue weighted by Crippen LogP contribution is 2.18. The Labute approximate surface area is 97.2 Å². The van der Waals surface area contributed by atoms with Gasteiger partial charge in [0.25, 0.3) is 0 Å². The van der Waals surface area contributed by atoms with E-state index in [1.54, 1.807) is 23.6 Å². The second kappa shape index (κ2) is 4.59. The van der Waals surface area contributed by atoms with Crippen molar-refractivity contribution < 1.29 is 0 Å². The van der Waals surface area contributed by atoms with Gasteiger partial charge in [0, 0.05) is 17.3 Å². The zero-order valence-corrected chi connectivity index (χ0v) is 9.77. The number of nitrogens with one attached hydrogen (secondary N) is 1. The predicted molar refractivity (Wildman–Crippen MR) is 63.4 cm³/mol. The Morgan fingerprint density at radius 1 is 1.53 bits per heavy atom. The van der Waals surface area contributed by atoms with Crippen molar-refractivity contribution in [3.63, 3.8) is 0 Å². The molecule has 0 radical (unpaired) electrons. The number of thiazole rings is 1. The van der Waals surface area contributed by atoms with Crippen LogP contribution in [0.1, 0.15) is 10.7 Å². The van der Waals surface area contributed by atoms with Crippen LogP contribution in [-0.4, -0.2) is 9.97 Å². The highest BCUT2D eigenvalue weighted by molar-refractivity contribution is 7.09. The Balaban J connectivity index is 2.02. The number of nitrogens with zero attached hydrogens (tertiary/aromatic N) is 2. The van der Waals surface area contributed by atoms with Crippen LogP contribution in [0.2, 0.25) is 5.02 Å². The number of halogens is 1. The van der Waals surface area contributed by atoms with E-state index in [1.165, 1.54) is 0 Å². The third kappa shape index (κ3) is 2.67. The largest absolute Gasteiger partial charge is 0.362 e. The van der Waals surface area contributed by atoms with Crippen molar-refractivity contribution in [2.75, 3.05) is 5.32 Å². The fourth-order valence-corrected chi connectivity index (χ4v) is 2.06. The molecule has 2 heterocycles. The molecule has 1 N–H and O–H groups in total. The smallest absolute Gasteiger partial charge is 0.145 e. The van der Waals surface area contributed by atoms with Crippen molar-refractivity contribution in [2.45, 2.75) is 13.5 Å². The summed E-state index contributed by atoms with van der Waals surface area (Å²) in [6.45, 7) is 2.64. The number of hydrogen-bond donors (Lipinski definition) is 1. The Hall–Kier alpha value is -1.13. The summed E-state index contributed by atoms with van der Waals surface area (Å²) in [5, 5.41) is 6.84. The summed E-state index contributed by atoms with van der Waals surface area (Å²) in [5.74, 6) is 0.701. The quantitative estimate of drug-likeness (QED) is 0.895. The number of aryl methyl sites for hydroxylation is 1. The maximum absolute atomic E-state index is 5.95. The molecule has 78 valence electrons. The monoisotopic (exact) mass is 239 g/mol. The molecule has 2 rings (SSSR count). The summed E-state index contributed by atoms with van der Waals surface area (Å²) in [5.41, 5.74) is 1.05. The molecule has 3 nitrogen and oxygen atoms in total. The number of hydrogen-bond acceptors (Lipinski definition) is 4. The molecule has 0 amide bonds. The number of aromatic nitrogens is 2. The highest BCUT2D eigenvalue weighted by atomic mass is 35.5. The SMILES string of the molecule is Cc1csc(CNc2ncccc2Cl)n1. The first kappa shape index (κ1) is 10.4. The van der Waals surface area contributed by atoms with Gasteiger partial charge in [-0.05, 0) is 19.1 Å². The molecule has 0 spiro atoms. The lowest BCUT2D eigenvalue weighted by atomic mass is 10.4. The minimum Gasteiger partial charge on any atom is -0.362 e. The Morgan fingerprint density at radius 3 is 3.07 bits per heavy atom. The van der Waals surface area contributed by atoms with Crippen molar-refractivity contribution in [2.24, 2.45) is 0 Å². The van der Waals surface area contributed by atoms with Gasteiger partial charge in [0.2, 0.25) is 0 Å². The minimum absolute atomic E-state index is 0.630. The van der Waals surface area contributed by atoms with Gasteiger partial charge in [-0.2, -0.15) is 0 Å². The summed E-state index contributed by atoms with van der Waals surface area (Å²) >= 11 is 7.58. The number of pyridine rings is 1. The molecule has 0 bridgehead atoms. The highest BCUT2D eigenvalue weighted by Gasteiger charge is 2.02. The third-order valence-electron chi connectivity index (χ3n) is 1.83. The average Bonchev–Trinajstić information content (AvgIpc) is 2.63. The molecule has 0 fully saturated rings. The Morgan fingerprint density at radius 2 is 2.40 bits per heavy atom. The van der Waals surface area contributed by atoms with E-state index in [2.05, 4.69) is 15.3 Å². The second-order valence-corrected chi connectivity index (χ2v) is 4.42. The lowest BCUT2D eigenvalue weighted by molar-refractivity contribution is 1.06. The fraction of sp³-hybridized carbons (Fsp3) is 0.200. The Bertz CT molecular complexity index is 455. The topological polar surface area (TPSA) is 37.8 Å². The van der Waals surface area contributed by atoms with Crippen LogP contribution in [0.5, 0.6) is 0 Å². The van der Waals surface area contributed by atoms with Gasteiger partial charge in [-0.25, -0.2) is 9.97 Å². The van der Waals surface area contributed by atoms with Crippen LogP contribution in [0.4, 0.5) is 5.82 Å². The van der Waals surface area contributed by atoms with E-state index >= 15 is 0 Å². The van der Waals surface area contributed by atoms with E-state index in [0.717, 1.165) is 10.7 Å². The first-order valence-electron chi connectivity index (χ1n) is 4.51. The molecule has 0 aliphatic rings. The van der Waals surface area contributed by atoms with Crippen LogP contribution >= 0.6 is 22.9 Å². The van der Waals surface area contributed by atoms with Crippen LogP contribution < -0.4 is 5.32 Å². The van der Waals surface area contributed by atoms with Crippen molar-refractivity contribution in [3.05, 3.63) is 39.4 Å². The molecule has 0 aliphatic carbocycles. The molecule has 0 unspecified atom stereocenters. The van der Waals surface area contributed by atoms with Crippen LogP contribution in [0.15, 0.2) is 23.7 Å². The van der Waals surface area contributed by atoms with E-state index < -0.39 is 0 Å². The number of anilines is 1. The van der Waals surface area contributed by atoms with Crippen molar-refractivity contribution in [1.82, 2.24) is 9.97 Å². The molecule has 15 heavy (non-hydrogen) atoms. The molecule has 0 saturated heterocycles. The summed E-state index contributed by atoms with van der Waals surface area (Å²) in [6, 6.07) is 3.62. The summed E-state index contributed by atoms with van der Waals surface area (Å²) in [6.07, 6.45) is 1.71. The fourth-order valence-electron chi connectivity index (χ4n) is 1.16. The molecule has 0 atom stereocenters. The first-order chi connectivity index (χ1) is 7.25. The number of rotatable bonds is 3. The van der Waals surface area contributed by atoms with Gasteiger partial charge in [0.1, 0.15) is 10.8 Å². The van der Waals surface area contributed by atoms with Gasteiger partial charge in [-0.15, -0.1) is 11.3 Å². The van der Waals surface area contributed by atoms with Crippen molar-refractivity contribution in [3.8, 4) is 0 Å². The van der Waals surface area contributed by atoms with Crippen LogP contribution in [0.25, 0.3) is 0 Å². The lowest BCUT2D eigenvalue weighted by Gasteiger charge is -2.04. The Kier molecular flexibility index (Phi) is 3.18. The van der Waals surface area contributed by atoms with Crippen LogP contribution in [0.3, 0.4) is 0 Å². The maximum Gasteiger partial charge on any atom is 0.145 e. The molecular weight excluding hydrogens is 230 g/mol. The van der Waals surface area contributed by atoms with E-state index in [4.69, 9.17) is 11.6 Å². The zero-order chi connectivity index (χ0) is 10.7. The molecule has 0 aliphatic heterocycles. The molecule has 2 aromatic heterocycles. The standard InChI is InChI=1S/C10H10ClN3S/c1-7-6-15-9(14-7)5-13-10-8(11)3-2-4-12-10/h2-4,6H,5H2,1H3,(H,12,13). The average molecular weight is 240 g/mol. The van der Waals surface area contributed by atoms with Gasteiger partial charge in [0.15, 0.2) is 0 Å². The zero-order valence-electron chi connectivity index (χ0n) is 8.20. The predicted octanol–water partition coefficient (Wildman–Crippen LogP) is 3.11. The molecule has 0 aromatic carbocycles. The van der Waals surface area contributed by atoms with E-state index in [0.29, 0.717) is 17.4 Å². The van der Waals surface area contributed by atoms with Gasteiger partial charge >= 0.3 is 0 Å². The van der Waals surface area contributed by atoms with Gasteiger partial charge < -0.3 is 5.32 Å². The van der Waals surface area contributed by atoms with E-state index in [-0.39, 0.29) is 0 Å². The maximum atomic E-state index is 5.95. The minimum atomic E-state index is 0.630. The summed E-state index contributed by atoms with van der Waals surface area (Å²) < 4.78 is 0. The van der Waals surface area contributed by atoms with Crippen molar-refractivity contribution in [1.29, 1.82) is 0 Å². The summed E-state index contributed by atoms with van der Waals surface area (Å²) in [4.78, 5) is 8.47. The normalized spacial score (nSPS) is 10.3. The van der Waals surface area contributed by atoms with Crippen molar-refractivity contribution >= 4 is 28.8 Å². The van der Waals surface area contributed by atoms with Gasteiger partial charge in [-0.1, -0.05) is 11.6 Å². The summed E-state index contributed by atoms with van der Waals surface area (Å²) in [7, 11) is 0. The third-order valence-corrected chi connectivity index (χ3v) is 3.10.